The summed E-state index contributed by atoms with van der Waals surface area (Å²) < 4.78 is 0. The van der Waals surface area contributed by atoms with Crippen LogP contribution in [0.5, 0.6) is 0 Å². The Hall–Kier alpha value is -1.30. The first-order valence-corrected chi connectivity index (χ1v) is 4.11. The zero-order chi connectivity index (χ0) is 9.84. The molecule has 74 valence electrons. The topological polar surface area (TPSA) is 104 Å². The predicted octanol–water partition coefficient (Wildman–Crippen LogP) is -1.71. The maximum atomic E-state index is 10.9. The van der Waals surface area contributed by atoms with Crippen LogP contribution in [0.15, 0.2) is 0 Å². The van der Waals surface area contributed by atoms with Crippen molar-refractivity contribution in [2.75, 3.05) is 6.54 Å². The van der Waals surface area contributed by atoms with Gasteiger partial charge in [0.2, 0.25) is 5.91 Å². The normalized spacial score (nSPS) is 17.6. The molecule has 0 radical (unpaired) electrons. The van der Waals surface area contributed by atoms with Gasteiger partial charge in [-0.25, -0.2) is 4.79 Å². The van der Waals surface area contributed by atoms with E-state index >= 15 is 0 Å². The molecule has 5 N–H and O–H groups in total. The van der Waals surface area contributed by atoms with Gasteiger partial charge in [-0.15, -0.1) is 0 Å². The van der Waals surface area contributed by atoms with Crippen LogP contribution in [0, 0.1) is 0 Å². The van der Waals surface area contributed by atoms with Gasteiger partial charge in [0, 0.05) is 6.04 Å². The first-order chi connectivity index (χ1) is 6.09. The minimum absolute atomic E-state index is 0.145. The quantitative estimate of drug-likeness (QED) is 0.421. The van der Waals surface area contributed by atoms with Crippen LogP contribution in [0.1, 0.15) is 12.8 Å². The highest BCUT2D eigenvalue weighted by Crippen LogP contribution is 2.18. The lowest BCUT2D eigenvalue weighted by molar-refractivity contribution is -0.125. The van der Waals surface area contributed by atoms with E-state index in [1.54, 1.807) is 0 Å². The summed E-state index contributed by atoms with van der Waals surface area (Å²) in [5.41, 5.74) is 4.78. The molecule has 13 heavy (non-hydrogen) atoms. The fourth-order valence-corrected chi connectivity index (χ4v) is 0.754. The number of hydrogen-bond donors (Lipinski definition) is 4. The molecule has 0 aromatic carbocycles. The third kappa shape index (κ3) is 3.75. The van der Waals surface area contributed by atoms with Gasteiger partial charge in [0.1, 0.15) is 6.10 Å². The van der Waals surface area contributed by atoms with Gasteiger partial charge in [0.15, 0.2) is 0 Å². The van der Waals surface area contributed by atoms with Crippen LogP contribution in [0.3, 0.4) is 0 Å². The van der Waals surface area contributed by atoms with Gasteiger partial charge in [-0.3, -0.25) is 4.79 Å². The first kappa shape index (κ1) is 9.79. The maximum Gasteiger partial charge on any atom is 0.315 e. The van der Waals surface area contributed by atoms with Crippen LogP contribution in [-0.2, 0) is 4.79 Å². The number of carbonyl (C=O) groups is 2. The Bertz CT molecular complexity index is 215. The number of aliphatic hydroxyl groups excluding tert-OH is 1. The lowest BCUT2D eigenvalue weighted by atomic mass is 10.3. The van der Waals surface area contributed by atoms with Gasteiger partial charge in [-0.1, -0.05) is 0 Å². The van der Waals surface area contributed by atoms with Gasteiger partial charge < -0.3 is 21.5 Å². The molecule has 0 aromatic rings. The number of nitrogens with one attached hydrogen (secondary N) is 2. The van der Waals surface area contributed by atoms with Crippen molar-refractivity contribution in [3.63, 3.8) is 0 Å². The van der Waals surface area contributed by atoms with Crippen molar-refractivity contribution in [2.45, 2.75) is 25.0 Å². The molecule has 3 amide bonds. The minimum atomic E-state index is -1.31. The predicted molar refractivity (Wildman–Crippen MR) is 44.8 cm³/mol. The third-order valence-electron chi connectivity index (χ3n) is 1.70. The summed E-state index contributed by atoms with van der Waals surface area (Å²) in [5.74, 6) is -0.841. The van der Waals surface area contributed by atoms with Crippen LogP contribution in [0.4, 0.5) is 4.79 Å². The molecule has 0 spiro atoms. The summed E-state index contributed by atoms with van der Waals surface area (Å²) in [5, 5.41) is 13.9. The van der Waals surface area contributed by atoms with Gasteiger partial charge in [0.25, 0.3) is 0 Å². The Morgan fingerprint density at radius 3 is 2.62 bits per heavy atom. The Kier molecular flexibility index (Phi) is 3.07. The Balaban J connectivity index is 2.09. The highest BCUT2D eigenvalue weighted by molar-refractivity contribution is 5.80. The van der Waals surface area contributed by atoms with Gasteiger partial charge in [0.05, 0.1) is 6.54 Å². The molecular weight excluding hydrogens is 174 g/mol. The molecule has 0 aromatic heterocycles. The van der Waals surface area contributed by atoms with E-state index in [4.69, 9.17) is 10.8 Å². The molecule has 1 saturated carbocycles. The van der Waals surface area contributed by atoms with Crippen LogP contribution >= 0.6 is 0 Å². The average molecular weight is 187 g/mol. The fourth-order valence-electron chi connectivity index (χ4n) is 0.754. The number of hydrogen-bond acceptors (Lipinski definition) is 3. The fraction of sp³-hybridized carbons (Fsp3) is 0.714. The maximum absolute atomic E-state index is 10.9. The zero-order valence-electron chi connectivity index (χ0n) is 7.12. The Morgan fingerprint density at radius 2 is 2.15 bits per heavy atom. The van der Waals surface area contributed by atoms with Crippen molar-refractivity contribution in [1.82, 2.24) is 10.6 Å². The number of primary amides is 1. The molecule has 0 saturated heterocycles. The molecule has 0 aliphatic heterocycles. The summed E-state index contributed by atoms with van der Waals surface area (Å²) in [7, 11) is 0. The molecule has 6 nitrogen and oxygen atoms in total. The second-order valence-electron chi connectivity index (χ2n) is 3.05. The van der Waals surface area contributed by atoms with Crippen LogP contribution in [0.25, 0.3) is 0 Å². The van der Waals surface area contributed by atoms with Crippen molar-refractivity contribution in [1.29, 1.82) is 0 Å². The number of carbonyl (C=O) groups excluding carboxylic acids is 2. The van der Waals surface area contributed by atoms with E-state index in [1.165, 1.54) is 0 Å². The van der Waals surface area contributed by atoms with E-state index < -0.39 is 12.0 Å². The number of nitrogens with two attached hydrogens (primary N) is 1. The zero-order valence-corrected chi connectivity index (χ0v) is 7.12. The smallest absolute Gasteiger partial charge is 0.315 e. The highest BCUT2D eigenvalue weighted by atomic mass is 16.3. The Labute approximate surface area is 75.5 Å². The summed E-state index contributed by atoms with van der Waals surface area (Å²) in [6, 6.07) is -0.117. The van der Waals surface area contributed by atoms with E-state index in [0.29, 0.717) is 0 Å². The van der Waals surface area contributed by atoms with E-state index in [0.717, 1.165) is 12.8 Å². The molecule has 1 fully saturated rings. The van der Waals surface area contributed by atoms with Gasteiger partial charge in [-0.2, -0.15) is 0 Å². The van der Waals surface area contributed by atoms with Crippen LogP contribution in [-0.4, -0.2) is 35.7 Å². The van der Waals surface area contributed by atoms with Crippen LogP contribution < -0.4 is 16.4 Å². The number of rotatable bonds is 4. The summed E-state index contributed by atoms with van der Waals surface area (Å²) in [6.07, 6.45) is 0.669. The second kappa shape index (κ2) is 4.08. The van der Waals surface area contributed by atoms with Crippen molar-refractivity contribution >= 4 is 11.9 Å². The molecule has 1 aliphatic rings. The lowest BCUT2D eigenvalue weighted by Crippen LogP contribution is -2.44. The first-order valence-electron chi connectivity index (χ1n) is 4.11. The van der Waals surface area contributed by atoms with E-state index in [9.17, 15) is 9.59 Å². The molecular formula is C7H13N3O3. The van der Waals surface area contributed by atoms with E-state index in [2.05, 4.69) is 10.6 Å². The number of urea groups is 1. The number of aliphatic hydroxyl groups is 1. The molecule has 1 rings (SSSR count). The Morgan fingerprint density at radius 1 is 1.54 bits per heavy atom. The third-order valence-corrected chi connectivity index (χ3v) is 1.70. The molecule has 0 heterocycles. The SMILES string of the molecule is NC(=O)C(O)CNC(=O)NC1CC1. The molecule has 1 aliphatic carbocycles. The average Bonchev–Trinajstić information content (AvgIpc) is 2.83. The monoisotopic (exact) mass is 187 g/mol. The van der Waals surface area contributed by atoms with Crippen molar-refractivity contribution in [3.8, 4) is 0 Å². The highest BCUT2D eigenvalue weighted by Gasteiger charge is 2.23. The molecule has 6 heteroatoms. The summed E-state index contributed by atoms with van der Waals surface area (Å²) >= 11 is 0. The van der Waals surface area contributed by atoms with Crippen molar-refractivity contribution in [2.24, 2.45) is 5.73 Å². The van der Waals surface area contributed by atoms with Crippen LogP contribution in [0.2, 0.25) is 0 Å². The van der Waals surface area contributed by atoms with Crippen molar-refractivity contribution in [3.05, 3.63) is 0 Å². The standard InChI is InChI=1S/C7H13N3O3/c8-6(12)5(11)3-9-7(13)10-4-1-2-4/h4-5,11H,1-3H2,(H2,8,12)(H2,9,10,13). The molecule has 1 unspecified atom stereocenters. The lowest BCUT2D eigenvalue weighted by Gasteiger charge is -2.08. The second-order valence-corrected chi connectivity index (χ2v) is 3.05. The molecule has 0 bridgehead atoms. The summed E-state index contributed by atoms with van der Waals surface area (Å²) in [6.45, 7) is -0.145. The van der Waals surface area contributed by atoms with E-state index in [1.807, 2.05) is 0 Å². The number of amides is 3. The largest absolute Gasteiger partial charge is 0.381 e. The van der Waals surface area contributed by atoms with E-state index in [-0.39, 0.29) is 18.6 Å². The van der Waals surface area contributed by atoms with Gasteiger partial charge in [-0.05, 0) is 12.8 Å². The minimum Gasteiger partial charge on any atom is -0.381 e. The summed E-state index contributed by atoms with van der Waals surface area (Å²) in [4.78, 5) is 21.3. The molecule has 1 atom stereocenters. The van der Waals surface area contributed by atoms with Gasteiger partial charge >= 0.3 is 6.03 Å². The van der Waals surface area contributed by atoms with Crippen molar-refractivity contribution < 1.29 is 14.7 Å².